The van der Waals surface area contributed by atoms with Gasteiger partial charge in [0, 0.05) is 18.7 Å². The van der Waals surface area contributed by atoms with Crippen LogP contribution in [0.15, 0.2) is 11.8 Å². The topological polar surface area (TPSA) is 87.7 Å². The second-order valence-corrected chi connectivity index (χ2v) is 3.53. The van der Waals surface area contributed by atoms with Gasteiger partial charge in [-0.05, 0) is 26.2 Å². The molecule has 17 heavy (non-hydrogen) atoms. The van der Waals surface area contributed by atoms with Crippen LogP contribution >= 0.6 is 0 Å². The zero-order valence-corrected chi connectivity index (χ0v) is 10.3. The van der Waals surface area contributed by atoms with Crippen LogP contribution in [0.3, 0.4) is 0 Å². The van der Waals surface area contributed by atoms with Crippen molar-refractivity contribution < 1.29 is 19.4 Å². The van der Waals surface area contributed by atoms with Crippen molar-refractivity contribution in [2.75, 3.05) is 20.3 Å². The fourth-order valence-electron chi connectivity index (χ4n) is 1.09. The summed E-state index contributed by atoms with van der Waals surface area (Å²) in [6, 6.07) is -0.525. The molecule has 0 saturated carbocycles. The van der Waals surface area contributed by atoms with Crippen molar-refractivity contribution in [3.05, 3.63) is 11.8 Å². The lowest BCUT2D eigenvalue weighted by molar-refractivity contribution is -0.116. The van der Waals surface area contributed by atoms with E-state index < -0.39 is 11.9 Å². The molecule has 3 amide bonds. The molecule has 0 fully saturated rings. The van der Waals surface area contributed by atoms with Crippen LogP contribution in [0.1, 0.15) is 26.2 Å². The smallest absolute Gasteiger partial charge is 0.321 e. The number of aliphatic hydroxyl groups excluding tert-OH is 1. The quantitative estimate of drug-likeness (QED) is 0.346. The molecule has 0 saturated heterocycles. The van der Waals surface area contributed by atoms with Crippen LogP contribution in [0.2, 0.25) is 0 Å². The SMILES string of the molecule is COC=C(C)C(=O)NC(=O)NCCCCCO. The Balaban J connectivity index is 3.72. The summed E-state index contributed by atoms with van der Waals surface area (Å²) in [6.07, 6.45) is 3.60. The molecule has 0 aromatic heterocycles. The number of methoxy groups -OCH3 is 1. The molecule has 98 valence electrons. The summed E-state index contributed by atoms with van der Waals surface area (Å²) in [5, 5.41) is 13.3. The van der Waals surface area contributed by atoms with Gasteiger partial charge in [0.1, 0.15) is 0 Å². The predicted octanol–water partition coefficient (Wildman–Crippen LogP) is 0.525. The van der Waals surface area contributed by atoms with E-state index in [9.17, 15) is 9.59 Å². The molecule has 0 rings (SSSR count). The van der Waals surface area contributed by atoms with Crippen molar-refractivity contribution in [3.63, 3.8) is 0 Å². The van der Waals surface area contributed by atoms with E-state index >= 15 is 0 Å². The molecule has 0 bridgehead atoms. The van der Waals surface area contributed by atoms with Crippen LogP contribution in [-0.4, -0.2) is 37.3 Å². The highest BCUT2D eigenvalue weighted by Crippen LogP contribution is 1.93. The van der Waals surface area contributed by atoms with Crippen molar-refractivity contribution in [1.82, 2.24) is 10.6 Å². The van der Waals surface area contributed by atoms with E-state index in [4.69, 9.17) is 5.11 Å². The Bertz CT molecular complexity index is 277. The minimum absolute atomic E-state index is 0.158. The maximum atomic E-state index is 11.3. The van der Waals surface area contributed by atoms with Crippen molar-refractivity contribution in [2.24, 2.45) is 0 Å². The molecule has 0 atom stereocenters. The highest BCUT2D eigenvalue weighted by Gasteiger charge is 2.08. The average Bonchev–Trinajstić information content (AvgIpc) is 2.29. The third-order valence-corrected chi connectivity index (χ3v) is 2.00. The molecule has 0 heterocycles. The van der Waals surface area contributed by atoms with Crippen LogP contribution in [0, 0.1) is 0 Å². The zero-order chi connectivity index (χ0) is 13.1. The molecule has 0 aliphatic heterocycles. The molecule has 6 heteroatoms. The van der Waals surface area contributed by atoms with Crippen molar-refractivity contribution >= 4 is 11.9 Å². The summed E-state index contributed by atoms with van der Waals surface area (Å²) in [4.78, 5) is 22.6. The third kappa shape index (κ3) is 8.27. The Kier molecular flexibility index (Phi) is 8.77. The maximum absolute atomic E-state index is 11.3. The molecule has 0 aromatic carbocycles. The fraction of sp³-hybridized carbons (Fsp3) is 0.636. The summed E-state index contributed by atoms with van der Waals surface area (Å²) in [5.74, 6) is -0.486. The van der Waals surface area contributed by atoms with Gasteiger partial charge in [0.15, 0.2) is 0 Å². The number of aliphatic hydroxyl groups is 1. The van der Waals surface area contributed by atoms with Gasteiger partial charge < -0.3 is 15.2 Å². The highest BCUT2D eigenvalue weighted by molar-refractivity contribution is 6.03. The van der Waals surface area contributed by atoms with E-state index in [0.717, 1.165) is 19.3 Å². The number of carbonyl (C=O) groups is 2. The minimum Gasteiger partial charge on any atom is -0.504 e. The Morgan fingerprint density at radius 2 is 2.00 bits per heavy atom. The number of hydrogen-bond donors (Lipinski definition) is 3. The van der Waals surface area contributed by atoms with Crippen LogP contribution in [0.25, 0.3) is 0 Å². The van der Waals surface area contributed by atoms with Crippen molar-refractivity contribution in [1.29, 1.82) is 0 Å². The maximum Gasteiger partial charge on any atom is 0.321 e. The fourth-order valence-corrected chi connectivity index (χ4v) is 1.09. The van der Waals surface area contributed by atoms with Gasteiger partial charge in [-0.15, -0.1) is 0 Å². The first-order valence-corrected chi connectivity index (χ1v) is 5.51. The lowest BCUT2D eigenvalue weighted by Gasteiger charge is -2.06. The normalized spacial score (nSPS) is 10.9. The Hall–Kier alpha value is -1.56. The van der Waals surface area contributed by atoms with Gasteiger partial charge in [0.25, 0.3) is 5.91 Å². The second-order valence-electron chi connectivity index (χ2n) is 3.53. The molecule has 3 N–H and O–H groups in total. The summed E-state index contributed by atoms with van der Waals surface area (Å²) >= 11 is 0. The molecule has 0 aliphatic rings. The van der Waals surface area contributed by atoms with E-state index in [1.165, 1.54) is 13.4 Å². The first kappa shape index (κ1) is 15.4. The van der Waals surface area contributed by atoms with E-state index in [2.05, 4.69) is 15.4 Å². The predicted molar refractivity (Wildman–Crippen MR) is 63.2 cm³/mol. The number of imide groups is 1. The molecule has 0 aromatic rings. The Morgan fingerprint density at radius 3 is 2.59 bits per heavy atom. The van der Waals surface area contributed by atoms with Gasteiger partial charge >= 0.3 is 6.03 Å². The number of amides is 3. The largest absolute Gasteiger partial charge is 0.504 e. The van der Waals surface area contributed by atoms with Crippen LogP contribution in [0.4, 0.5) is 4.79 Å². The average molecular weight is 244 g/mol. The van der Waals surface area contributed by atoms with Gasteiger partial charge in [-0.25, -0.2) is 4.79 Å². The number of urea groups is 1. The van der Waals surface area contributed by atoms with Crippen LogP contribution in [-0.2, 0) is 9.53 Å². The molecular weight excluding hydrogens is 224 g/mol. The van der Waals surface area contributed by atoms with Crippen molar-refractivity contribution in [2.45, 2.75) is 26.2 Å². The summed E-state index contributed by atoms with van der Waals surface area (Å²) in [5.41, 5.74) is 0.322. The van der Waals surface area contributed by atoms with Gasteiger partial charge in [0.05, 0.1) is 13.4 Å². The first-order valence-electron chi connectivity index (χ1n) is 5.51. The number of nitrogens with one attached hydrogen (secondary N) is 2. The second kappa shape index (κ2) is 9.65. The zero-order valence-electron chi connectivity index (χ0n) is 10.3. The lowest BCUT2D eigenvalue weighted by atomic mass is 10.2. The van der Waals surface area contributed by atoms with E-state index in [1.54, 1.807) is 6.92 Å². The van der Waals surface area contributed by atoms with Gasteiger partial charge in [-0.3, -0.25) is 10.1 Å². The summed E-state index contributed by atoms with van der Waals surface area (Å²) in [7, 11) is 1.43. The molecule has 0 radical (unpaired) electrons. The van der Waals surface area contributed by atoms with E-state index in [-0.39, 0.29) is 6.61 Å². The number of rotatable bonds is 7. The molecular formula is C11H20N2O4. The highest BCUT2D eigenvalue weighted by atomic mass is 16.5. The lowest BCUT2D eigenvalue weighted by Crippen LogP contribution is -2.40. The third-order valence-electron chi connectivity index (χ3n) is 2.00. The standard InChI is InChI=1S/C11H20N2O4/c1-9(8-17-2)10(15)13-11(16)12-6-4-3-5-7-14/h8,14H,3-7H2,1-2H3,(H2,12,13,15,16). The summed E-state index contributed by atoms with van der Waals surface area (Å²) < 4.78 is 4.65. The first-order chi connectivity index (χ1) is 8.11. The molecule has 6 nitrogen and oxygen atoms in total. The van der Waals surface area contributed by atoms with E-state index in [1.807, 2.05) is 0 Å². The van der Waals surface area contributed by atoms with Gasteiger partial charge in [-0.1, -0.05) is 0 Å². The monoisotopic (exact) mass is 244 g/mol. The summed E-state index contributed by atoms with van der Waals surface area (Å²) in [6.45, 7) is 2.19. The Morgan fingerprint density at radius 1 is 1.29 bits per heavy atom. The number of hydrogen-bond acceptors (Lipinski definition) is 4. The van der Waals surface area contributed by atoms with Crippen LogP contribution < -0.4 is 10.6 Å². The number of carbonyl (C=O) groups excluding carboxylic acids is 2. The number of unbranched alkanes of at least 4 members (excludes halogenated alkanes) is 2. The van der Waals surface area contributed by atoms with E-state index in [0.29, 0.717) is 12.1 Å². The Labute approximate surface area is 101 Å². The van der Waals surface area contributed by atoms with Gasteiger partial charge in [-0.2, -0.15) is 0 Å². The molecule has 0 aliphatic carbocycles. The minimum atomic E-state index is -0.525. The molecule has 0 spiro atoms. The molecule has 0 unspecified atom stereocenters. The van der Waals surface area contributed by atoms with Crippen molar-refractivity contribution in [3.8, 4) is 0 Å². The van der Waals surface area contributed by atoms with Crippen LogP contribution in [0.5, 0.6) is 0 Å². The number of ether oxygens (including phenoxy) is 1. The van der Waals surface area contributed by atoms with Gasteiger partial charge in [0.2, 0.25) is 0 Å².